The number of allylic oxidation sites excluding steroid dienone is 4. The lowest BCUT2D eigenvalue weighted by Crippen LogP contribution is -2.55. The van der Waals surface area contributed by atoms with E-state index >= 15 is 4.39 Å². The van der Waals surface area contributed by atoms with Crippen molar-refractivity contribution >= 4 is 23.3 Å². The number of carbonyl (C=O) groups is 1. The minimum Gasteiger partial charge on any atom is -0.501 e. The number of esters is 1. The summed E-state index contributed by atoms with van der Waals surface area (Å²) in [6.07, 6.45) is 3.71. The van der Waals surface area contributed by atoms with Gasteiger partial charge in [-0.15, -0.1) is 0 Å². The summed E-state index contributed by atoms with van der Waals surface area (Å²) in [6, 6.07) is 6.57. The summed E-state index contributed by atoms with van der Waals surface area (Å²) in [4.78, 5) is 23.0. The summed E-state index contributed by atoms with van der Waals surface area (Å²) in [7, 11) is 4.20. The molecular formula is C31H32F4N4O4. The molecule has 2 heterocycles. The number of halogens is 4. The van der Waals surface area contributed by atoms with Gasteiger partial charge in [0.1, 0.15) is 23.0 Å². The standard InChI is InChI=1S/C31H32F4N4O4/c1-41-22-8-5-4-7-21(18-22)37-13-15-38(16-14-37)30-36-29-23(9-6-10-24(29)32)25(19-28(40)43-3)39(30)26-17-20(31(33,34)35)11-12-27(26)42-2/h4-7,9-12,17-18,25H,8,13-16,19H2,1-3H3. The number of ether oxygens (including phenoxy) is 3. The Balaban J connectivity index is 1.60. The van der Waals surface area contributed by atoms with Crippen molar-refractivity contribution in [1.82, 2.24) is 9.80 Å². The van der Waals surface area contributed by atoms with Crippen LogP contribution >= 0.6 is 0 Å². The molecule has 3 aliphatic rings. The third-order valence-electron chi connectivity index (χ3n) is 7.69. The number of aliphatic imine (C=N–C) groups is 1. The molecule has 228 valence electrons. The van der Waals surface area contributed by atoms with Crippen LogP contribution in [-0.4, -0.2) is 69.2 Å². The lowest BCUT2D eigenvalue weighted by molar-refractivity contribution is -0.141. The van der Waals surface area contributed by atoms with Crippen LogP contribution in [0.15, 0.2) is 77.2 Å². The summed E-state index contributed by atoms with van der Waals surface area (Å²) >= 11 is 0. The molecule has 1 unspecified atom stereocenters. The van der Waals surface area contributed by atoms with Gasteiger partial charge < -0.3 is 28.9 Å². The molecule has 12 heteroatoms. The van der Waals surface area contributed by atoms with Gasteiger partial charge in [-0.1, -0.05) is 24.3 Å². The molecule has 1 saturated heterocycles. The number of hydrogen-bond acceptors (Lipinski definition) is 8. The van der Waals surface area contributed by atoms with E-state index in [0.29, 0.717) is 38.2 Å². The van der Waals surface area contributed by atoms with Crippen molar-refractivity contribution in [3.05, 3.63) is 89.1 Å². The van der Waals surface area contributed by atoms with Gasteiger partial charge in [0.2, 0.25) is 5.96 Å². The highest BCUT2D eigenvalue weighted by Gasteiger charge is 2.40. The Morgan fingerprint density at radius 2 is 1.77 bits per heavy atom. The molecule has 0 saturated carbocycles. The molecule has 8 nitrogen and oxygen atoms in total. The number of rotatable bonds is 6. The zero-order chi connectivity index (χ0) is 30.7. The van der Waals surface area contributed by atoms with Gasteiger partial charge in [0, 0.05) is 43.9 Å². The van der Waals surface area contributed by atoms with Crippen molar-refractivity contribution in [3.8, 4) is 5.75 Å². The number of piperazine rings is 1. The van der Waals surface area contributed by atoms with Gasteiger partial charge in [0.25, 0.3) is 0 Å². The predicted molar refractivity (Wildman–Crippen MR) is 153 cm³/mol. The third-order valence-corrected chi connectivity index (χ3v) is 7.69. The Bertz CT molecular complexity index is 1490. The Morgan fingerprint density at radius 3 is 2.44 bits per heavy atom. The van der Waals surface area contributed by atoms with E-state index in [4.69, 9.17) is 14.2 Å². The average molecular weight is 601 g/mol. The molecule has 0 aromatic heterocycles. The van der Waals surface area contributed by atoms with Gasteiger partial charge >= 0.3 is 12.1 Å². The van der Waals surface area contributed by atoms with E-state index in [0.717, 1.165) is 23.6 Å². The summed E-state index contributed by atoms with van der Waals surface area (Å²) in [5.74, 6) is -0.0453. The summed E-state index contributed by atoms with van der Waals surface area (Å²) in [5, 5.41) is 0. The molecule has 1 aliphatic carbocycles. The second kappa shape index (κ2) is 12.4. The monoisotopic (exact) mass is 600 g/mol. The Labute approximate surface area is 247 Å². The number of hydrogen-bond donors (Lipinski definition) is 0. The molecule has 2 aromatic carbocycles. The number of guanidine groups is 1. The van der Waals surface area contributed by atoms with E-state index in [1.54, 1.807) is 18.1 Å². The van der Waals surface area contributed by atoms with Gasteiger partial charge in [-0.3, -0.25) is 4.79 Å². The van der Waals surface area contributed by atoms with E-state index in [1.165, 1.54) is 32.4 Å². The Morgan fingerprint density at radius 1 is 1.02 bits per heavy atom. The number of carbonyl (C=O) groups excluding carboxylic acids is 1. The van der Waals surface area contributed by atoms with Crippen molar-refractivity contribution in [3.63, 3.8) is 0 Å². The topological polar surface area (TPSA) is 66.8 Å². The molecule has 43 heavy (non-hydrogen) atoms. The maximum atomic E-state index is 15.2. The minimum atomic E-state index is -4.64. The predicted octanol–water partition coefficient (Wildman–Crippen LogP) is 5.96. The van der Waals surface area contributed by atoms with E-state index in [-0.39, 0.29) is 29.5 Å². The van der Waals surface area contributed by atoms with Crippen molar-refractivity contribution in [2.45, 2.75) is 25.1 Å². The fourth-order valence-electron chi connectivity index (χ4n) is 5.47. The first-order valence-corrected chi connectivity index (χ1v) is 13.7. The fourth-order valence-corrected chi connectivity index (χ4v) is 5.47. The molecular weight excluding hydrogens is 568 g/mol. The first-order valence-electron chi connectivity index (χ1n) is 13.7. The zero-order valence-corrected chi connectivity index (χ0v) is 24.0. The van der Waals surface area contributed by atoms with Crippen LogP contribution in [0.3, 0.4) is 0 Å². The van der Waals surface area contributed by atoms with Crippen LogP contribution in [0.2, 0.25) is 0 Å². The lowest BCUT2D eigenvalue weighted by Gasteiger charge is -2.45. The van der Waals surface area contributed by atoms with E-state index in [1.807, 2.05) is 29.2 Å². The third kappa shape index (κ3) is 6.18. The van der Waals surface area contributed by atoms with Crippen molar-refractivity contribution in [1.29, 1.82) is 0 Å². The second-order valence-electron chi connectivity index (χ2n) is 10.2. The number of alkyl halides is 3. The molecule has 0 N–H and O–H groups in total. The number of benzene rings is 2. The minimum absolute atomic E-state index is 0.0281. The first-order chi connectivity index (χ1) is 20.6. The van der Waals surface area contributed by atoms with Gasteiger partial charge in [0.05, 0.1) is 45.0 Å². The number of fused-ring (bicyclic) bond motifs is 1. The van der Waals surface area contributed by atoms with Gasteiger partial charge in [0.15, 0.2) is 0 Å². The van der Waals surface area contributed by atoms with Crippen LogP contribution in [0.25, 0.3) is 0 Å². The average Bonchev–Trinajstić information content (AvgIpc) is 3.26. The fraction of sp³-hybridized carbons (Fsp3) is 0.355. The van der Waals surface area contributed by atoms with E-state index < -0.39 is 29.6 Å². The second-order valence-corrected chi connectivity index (χ2v) is 10.2. The van der Waals surface area contributed by atoms with Crippen molar-refractivity contribution < 1.29 is 36.6 Å². The van der Waals surface area contributed by atoms with Crippen LogP contribution < -0.4 is 9.64 Å². The highest BCUT2D eigenvalue weighted by atomic mass is 19.4. The molecule has 0 bridgehead atoms. The molecule has 0 spiro atoms. The highest BCUT2D eigenvalue weighted by Crippen LogP contribution is 2.46. The van der Waals surface area contributed by atoms with Crippen LogP contribution in [0.5, 0.6) is 5.75 Å². The van der Waals surface area contributed by atoms with Crippen molar-refractivity contribution in [2.75, 3.05) is 52.4 Å². The van der Waals surface area contributed by atoms with E-state index in [2.05, 4.69) is 9.89 Å². The number of methoxy groups -OCH3 is 3. The van der Waals surface area contributed by atoms with Gasteiger partial charge in [-0.25, -0.2) is 9.38 Å². The molecule has 1 fully saturated rings. The van der Waals surface area contributed by atoms with Gasteiger partial charge in [-0.05, 0) is 36.4 Å². The highest BCUT2D eigenvalue weighted by molar-refractivity contribution is 6.02. The molecule has 5 rings (SSSR count). The molecule has 2 aliphatic heterocycles. The molecule has 1 atom stereocenters. The first kappa shape index (κ1) is 30.0. The molecule has 0 radical (unpaired) electrons. The SMILES string of the molecule is COC(=O)CC1c2cccc(F)c2N=C(N2CCN(C3=CC=CCC(OC)=C3)CC2)N1c1cc(C(F)(F)F)ccc1OC. The summed E-state index contributed by atoms with van der Waals surface area (Å²) < 4.78 is 72.9. The maximum Gasteiger partial charge on any atom is 0.416 e. The number of nitrogens with zero attached hydrogens (tertiary/aromatic N) is 4. The quantitative estimate of drug-likeness (QED) is 0.300. The van der Waals surface area contributed by atoms with Crippen LogP contribution in [-0.2, 0) is 20.4 Å². The molecule has 0 amide bonds. The Kier molecular flexibility index (Phi) is 8.65. The zero-order valence-electron chi connectivity index (χ0n) is 24.0. The van der Waals surface area contributed by atoms with Crippen molar-refractivity contribution in [2.24, 2.45) is 4.99 Å². The van der Waals surface area contributed by atoms with E-state index in [9.17, 15) is 18.0 Å². The summed E-state index contributed by atoms with van der Waals surface area (Å²) in [5.41, 5.74) is 0.488. The molecule has 2 aromatic rings. The Hall–Kier alpha value is -4.48. The maximum absolute atomic E-state index is 15.2. The van der Waals surface area contributed by atoms with Crippen LogP contribution in [0.1, 0.15) is 30.0 Å². The number of anilines is 1. The van der Waals surface area contributed by atoms with Crippen LogP contribution in [0, 0.1) is 5.82 Å². The normalized spacial score (nSPS) is 18.7. The smallest absolute Gasteiger partial charge is 0.416 e. The van der Waals surface area contributed by atoms with Crippen LogP contribution in [0.4, 0.5) is 28.9 Å². The summed E-state index contributed by atoms with van der Waals surface area (Å²) in [6.45, 7) is 1.93. The number of para-hydroxylation sites is 1. The largest absolute Gasteiger partial charge is 0.501 e. The van der Waals surface area contributed by atoms with Gasteiger partial charge in [-0.2, -0.15) is 13.2 Å². The lowest BCUT2D eigenvalue weighted by atomic mass is 9.96.